The molecule has 1 saturated carbocycles. The van der Waals surface area contributed by atoms with Crippen LogP contribution in [0.15, 0.2) is 29.6 Å². The van der Waals surface area contributed by atoms with Gasteiger partial charge in [0.05, 0.1) is 13.2 Å². The monoisotopic (exact) mass is 332 g/mol. The van der Waals surface area contributed by atoms with Crippen LogP contribution in [0.25, 0.3) is 10.6 Å². The van der Waals surface area contributed by atoms with Crippen molar-refractivity contribution in [3.63, 3.8) is 0 Å². The minimum atomic E-state index is -0.0880. The van der Waals surface area contributed by atoms with E-state index >= 15 is 0 Å². The van der Waals surface area contributed by atoms with Crippen LogP contribution in [0.4, 0.5) is 0 Å². The van der Waals surface area contributed by atoms with Crippen molar-refractivity contribution in [2.45, 2.75) is 25.8 Å². The number of nitrogens with zero attached hydrogens (tertiary/aromatic N) is 2. The number of aliphatic hydroxyl groups is 1. The molecule has 1 heterocycles. The average molecular weight is 332 g/mol. The van der Waals surface area contributed by atoms with Crippen LogP contribution in [-0.2, 0) is 0 Å². The number of benzene rings is 1. The average Bonchev–Trinajstić information content (AvgIpc) is 3.29. The Kier molecular flexibility index (Phi) is 4.93. The topological polar surface area (TPSA) is 62.7 Å². The highest BCUT2D eigenvalue weighted by Crippen LogP contribution is 2.30. The molecule has 0 unspecified atom stereocenters. The van der Waals surface area contributed by atoms with E-state index in [1.54, 1.807) is 10.3 Å². The lowest BCUT2D eigenvalue weighted by Gasteiger charge is -2.19. The molecule has 1 aromatic heterocycles. The van der Waals surface area contributed by atoms with E-state index in [1.807, 2.05) is 31.2 Å². The van der Waals surface area contributed by atoms with Crippen LogP contribution in [0, 0.1) is 0 Å². The van der Waals surface area contributed by atoms with E-state index in [4.69, 9.17) is 9.84 Å². The van der Waals surface area contributed by atoms with Gasteiger partial charge in [0.15, 0.2) is 0 Å². The number of hydrogen-bond donors (Lipinski definition) is 1. The van der Waals surface area contributed by atoms with Crippen molar-refractivity contribution < 1.29 is 14.6 Å². The number of amides is 1. The second-order valence-electron chi connectivity index (χ2n) is 5.45. The highest BCUT2D eigenvalue weighted by molar-refractivity contribution is 7.13. The van der Waals surface area contributed by atoms with Crippen LogP contribution in [0.3, 0.4) is 0 Å². The first-order valence-corrected chi connectivity index (χ1v) is 8.71. The fourth-order valence-electron chi connectivity index (χ4n) is 2.46. The third kappa shape index (κ3) is 3.71. The van der Waals surface area contributed by atoms with Gasteiger partial charge in [0, 0.05) is 23.5 Å². The minimum absolute atomic E-state index is 0.0157. The molecular formula is C17H20N2O3S. The Morgan fingerprint density at radius 3 is 2.74 bits per heavy atom. The molecule has 0 atom stereocenters. The summed E-state index contributed by atoms with van der Waals surface area (Å²) >= 11 is 1.46. The van der Waals surface area contributed by atoms with Crippen molar-refractivity contribution in [3.8, 4) is 16.3 Å². The number of aromatic nitrogens is 1. The normalized spacial score (nSPS) is 13.8. The van der Waals surface area contributed by atoms with Crippen LogP contribution < -0.4 is 4.74 Å². The number of thiazole rings is 1. The lowest BCUT2D eigenvalue weighted by molar-refractivity contribution is 0.0702. The van der Waals surface area contributed by atoms with E-state index in [9.17, 15) is 4.79 Å². The number of carbonyl (C=O) groups excluding carboxylic acids is 1. The largest absolute Gasteiger partial charge is 0.494 e. The fourth-order valence-corrected chi connectivity index (χ4v) is 3.26. The predicted molar refractivity (Wildman–Crippen MR) is 89.9 cm³/mol. The maximum Gasteiger partial charge on any atom is 0.273 e. The van der Waals surface area contributed by atoms with Gasteiger partial charge in [0.2, 0.25) is 0 Å². The number of carbonyl (C=O) groups is 1. The first-order chi connectivity index (χ1) is 11.2. The van der Waals surface area contributed by atoms with Crippen molar-refractivity contribution in [2.24, 2.45) is 0 Å². The molecule has 0 spiro atoms. The predicted octanol–water partition coefficient (Wildman–Crippen LogP) is 2.81. The summed E-state index contributed by atoms with van der Waals surface area (Å²) in [7, 11) is 0. The Bertz CT molecular complexity index is 665. The van der Waals surface area contributed by atoms with E-state index in [2.05, 4.69) is 4.98 Å². The summed E-state index contributed by atoms with van der Waals surface area (Å²) in [6.07, 6.45) is 2.03. The van der Waals surface area contributed by atoms with Gasteiger partial charge in [-0.2, -0.15) is 0 Å². The Balaban J connectivity index is 1.75. The molecule has 1 aliphatic rings. The maximum atomic E-state index is 12.5. The smallest absolute Gasteiger partial charge is 0.273 e. The van der Waals surface area contributed by atoms with Crippen LogP contribution in [0.5, 0.6) is 5.75 Å². The first-order valence-electron chi connectivity index (χ1n) is 7.83. The summed E-state index contributed by atoms with van der Waals surface area (Å²) in [6, 6.07) is 7.98. The zero-order valence-corrected chi connectivity index (χ0v) is 13.9. The molecule has 0 bridgehead atoms. The van der Waals surface area contributed by atoms with Gasteiger partial charge in [-0.1, -0.05) is 0 Å². The second kappa shape index (κ2) is 7.10. The van der Waals surface area contributed by atoms with Crippen LogP contribution in [-0.4, -0.2) is 46.7 Å². The number of hydrogen-bond acceptors (Lipinski definition) is 5. The molecule has 0 saturated heterocycles. The molecule has 1 fully saturated rings. The first kappa shape index (κ1) is 16.0. The second-order valence-corrected chi connectivity index (χ2v) is 6.31. The third-order valence-corrected chi connectivity index (χ3v) is 4.62. The van der Waals surface area contributed by atoms with Gasteiger partial charge in [-0.15, -0.1) is 11.3 Å². The van der Waals surface area contributed by atoms with Gasteiger partial charge in [-0.3, -0.25) is 4.79 Å². The number of rotatable bonds is 7. The molecule has 1 aliphatic carbocycles. The van der Waals surface area contributed by atoms with Gasteiger partial charge in [-0.25, -0.2) is 4.98 Å². The minimum Gasteiger partial charge on any atom is -0.494 e. The number of ether oxygens (including phenoxy) is 1. The van der Waals surface area contributed by atoms with Crippen molar-refractivity contribution >= 4 is 17.2 Å². The van der Waals surface area contributed by atoms with Crippen LogP contribution in [0.1, 0.15) is 30.3 Å². The van der Waals surface area contributed by atoms with Crippen molar-refractivity contribution in [3.05, 3.63) is 35.3 Å². The van der Waals surface area contributed by atoms with Gasteiger partial charge in [0.1, 0.15) is 16.5 Å². The summed E-state index contributed by atoms with van der Waals surface area (Å²) in [4.78, 5) is 18.7. The van der Waals surface area contributed by atoms with Crippen molar-refractivity contribution in [1.82, 2.24) is 9.88 Å². The quantitative estimate of drug-likeness (QED) is 0.847. The molecule has 122 valence electrons. The molecule has 3 rings (SSSR count). The molecule has 6 heteroatoms. The molecule has 5 nitrogen and oxygen atoms in total. The molecule has 0 radical (unpaired) electrons. The zero-order chi connectivity index (χ0) is 16.2. The van der Waals surface area contributed by atoms with Crippen molar-refractivity contribution in [2.75, 3.05) is 19.8 Å². The summed E-state index contributed by atoms with van der Waals surface area (Å²) in [5, 5.41) is 11.7. The van der Waals surface area contributed by atoms with E-state index < -0.39 is 0 Å². The van der Waals surface area contributed by atoms with Crippen LogP contribution in [0.2, 0.25) is 0 Å². The van der Waals surface area contributed by atoms with Gasteiger partial charge < -0.3 is 14.7 Å². The maximum absolute atomic E-state index is 12.5. The fraction of sp³-hybridized carbons (Fsp3) is 0.412. The molecule has 2 aromatic rings. The highest BCUT2D eigenvalue weighted by atomic mass is 32.1. The Labute approximate surface area is 139 Å². The summed E-state index contributed by atoms with van der Waals surface area (Å²) < 4.78 is 5.43. The summed E-state index contributed by atoms with van der Waals surface area (Å²) in [5.41, 5.74) is 1.43. The van der Waals surface area contributed by atoms with E-state index in [0.717, 1.165) is 29.2 Å². The lowest BCUT2D eigenvalue weighted by Crippen LogP contribution is -2.35. The molecular weight excluding hydrogens is 312 g/mol. The zero-order valence-electron chi connectivity index (χ0n) is 13.1. The van der Waals surface area contributed by atoms with E-state index in [0.29, 0.717) is 18.8 Å². The third-order valence-electron chi connectivity index (χ3n) is 3.72. The summed E-state index contributed by atoms with van der Waals surface area (Å²) in [5.74, 6) is 0.738. The Morgan fingerprint density at radius 2 is 2.13 bits per heavy atom. The van der Waals surface area contributed by atoms with Gasteiger partial charge in [-0.05, 0) is 44.0 Å². The summed E-state index contributed by atoms with van der Waals surface area (Å²) in [6.45, 7) is 2.94. The number of aliphatic hydroxyl groups excluding tert-OH is 1. The van der Waals surface area contributed by atoms with E-state index in [-0.39, 0.29) is 18.6 Å². The van der Waals surface area contributed by atoms with E-state index in [1.165, 1.54) is 11.3 Å². The molecule has 1 amide bonds. The molecule has 0 aliphatic heterocycles. The van der Waals surface area contributed by atoms with Gasteiger partial charge in [0.25, 0.3) is 5.91 Å². The van der Waals surface area contributed by atoms with Crippen molar-refractivity contribution in [1.29, 1.82) is 0 Å². The molecule has 1 aromatic carbocycles. The Morgan fingerprint density at radius 1 is 1.39 bits per heavy atom. The SMILES string of the molecule is CCOc1ccc(-c2nc(C(=O)N(CCO)C3CC3)cs2)cc1. The molecule has 23 heavy (non-hydrogen) atoms. The molecule has 1 N–H and O–H groups in total. The highest BCUT2D eigenvalue weighted by Gasteiger charge is 2.33. The standard InChI is InChI=1S/C17H20N2O3S/c1-2-22-14-7-3-12(4-8-14)16-18-15(11-23-16)17(21)19(9-10-20)13-5-6-13/h3-4,7-8,11,13,20H,2,5-6,9-10H2,1H3. The lowest BCUT2D eigenvalue weighted by atomic mass is 10.2. The van der Waals surface area contributed by atoms with Gasteiger partial charge >= 0.3 is 0 Å². The van der Waals surface area contributed by atoms with Crippen LogP contribution >= 0.6 is 11.3 Å². The Hall–Kier alpha value is -1.92.